The predicted molar refractivity (Wildman–Crippen MR) is 94.3 cm³/mol. The molecule has 0 aliphatic carbocycles. The Labute approximate surface area is 138 Å². The lowest BCUT2D eigenvalue weighted by Crippen LogP contribution is -1.99. The molecule has 0 aliphatic heterocycles. The van der Waals surface area contributed by atoms with Crippen LogP contribution < -0.4 is 5.73 Å². The lowest BCUT2D eigenvalue weighted by molar-refractivity contribution is 0.480. The number of benzene rings is 2. The van der Waals surface area contributed by atoms with Gasteiger partial charge in [0, 0.05) is 22.7 Å². The molecular weight excluding hydrogens is 300 g/mol. The number of phenols is 1. The van der Waals surface area contributed by atoms with Crippen LogP contribution in [0.1, 0.15) is 0 Å². The Hall–Kier alpha value is -3.47. The van der Waals surface area contributed by atoms with E-state index >= 15 is 0 Å². The average Bonchev–Trinajstić information content (AvgIpc) is 2.62. The second-order valence-electron chi connectivity index (χ2n) is 5.39. The summed E-state index contributed by atoms with van der Waals surface area (Å²) in [4.78, 5) is 12.9. The fourth-order valence-electron chi connectivity index (χ4n) is 2.74. The predicted octanol–water partition coefficient (Wildman–Crippen LogP) is 3.65. The highest BCUT2D eigenvalue weighted by Gasteiger charge is 2.12. The van der Waals surface area contributed by atoms with Gasteiger partial charge >= 0.3 is 0 Å². The second-order valence-corrected chi connectivity index (χ2v) is 5.39. The lowest BCUT2D eigenvalue weighted by Gasteiger charge is -2.09. The van der Waals surface area contributed by atoms with Gasteiger partial charge in [-0.25, -0.2) is 9.97 Å². The largest absolute Gasteiger partial charge is 0.506 e. The minimum Gasteiger partial charge on any atom is -0.506 e. The van der Waals surface area contributed by atoms with E-state index in [2.05, 4.69) is 15.0 Å². The van der Waals surface area contributed by atoms with Gasteiger partial charge in [0.25, 0.3) is 0 Å². The van der Waals surface area contributed by atoms with Gasteiger partial charge in [-0.3, -0.25) is 4.98 Å². The molecule has 0 spiro atoms. The molecule has 3 N–H and O–H groups in total. The van der Waals surface area contributed by atoms with Crippen LogP contribution >= 0.6 is 0 Å². The number of aromatic nitrogens is 3. The number of phenolic OH excluding ortho intramolecular Hbond substituents is 1. The number of hydrogen-bond donors (Lipinski definition) is 2. The van der Waals surface area contributed by atoms with Crippen LogP contribution in [0, 0.1) is 0 Å². The summed E-state index contributed by atoms with van der Waals surface area (Å²) in [6.45, 7) is 0. The Morgan fingerprint density at radius 2 is 1.62 bits per heavy atom. The molecule has 5 nitrogen and oxygen atoms in total. The standard InChI is InChI=1S/C19H14N4O/c20-19-22-15(12-5-2-1-3-6-12)11-16(23-19)13-8-9-17(24)18-14(13)7-4-10-21-18/h1-11,24H,(H2,20,22,23). The minimum absolute atomic E-state index is 0.139. The van der Waals surface area contributed by atoms with Crippen molar-refractivity contribution in [1.82, 2.24) is 15.0 Å². The molecule has 0 unspecified atom stereocenters. The topological polar surface area (TPSA) is 84.9 Å². The number of nitrogen functional groups attached to an aromatic ring is 1. The zero-order chi connectivity index (χ0) is 16.5. The summed E-state index contributed by atoms with van der Waals surface area (Å²) in [5.41, 5.74) is 9.72. The Bertz CT molecular complexity index is 1030. The summed E-state index contributed by atoms with van der Waals surface area (Å²) in [7, 11) is 0. The quantitative estimate of drug-likeness (QED) is 0.590. The van der Waals surface area contributed by atoms with Crippen molar-refractivity contribution < 1.29 is 5.11 Å². The van der Waals surface area contributed by atoms with Gasteiger partial charge in [-0.15, -0.1) is 0 Å². The van der Waals surface area contributed by atoms with E-state index in [0.29, 0.717) is 11.2 Å². The molecule has 2 aromatic carbocycles. The van der Waals surface area contributed by atoms with E-state index in [4.69, 9.17) is 5.73 Å². The molecule has 2 heterocycles. The van der Waals surface area contributed by atoms with Gasteiger partial charge in [-0.1, -0.05) is 36.4 Å². The van der Waals surface area contributed by atoms with Crippen molar-refractivity contribution in [3.63, 3.8) is 0 Å². The zero-order valence-corrected chi connectivity index (χ0v) is 12.7. The molecule has 0 amide bonds. The minimum atomic E-state index is 0.139. The molecule has 5 heteroatoms. The molecule has 2 aromatic heterocycles. The van der Waals surface area contributed by atoms with Crippen molar-refractivity contribution in [2.24, 2.45) is 0 Å². The summed E-state index contributed by atoms with van der Waals surface area (Å²) >= 11 is 0. The summed E-state index contributed by atoms with van der Waals surface area (Å²) < 4.78 is 0. The molecule has 0 bridgehead atoms. The SMILES string of the molecule is Nc1nc(-c2ccccc2)cc(-c2ccc(O)c3ncccc23)n1. The Morgan fingerprint density at radius 3 is 2.46 bits per heavy atom. The maximum Gasteiger partial charge on any atom is 0.221 e. The maximum absolute atomic E-state index is 10.0. The Balaban J connectivity index is 1.95. The molecule has 0 radical (unpaired) electrons. The molecule has 0 aliphatic rings. The number of anilines is 1. The third-order valence-electron chi connectivity index (χ3n) is 3.84. The van der Waals surface area contributed by atoms with E-state index in [1.165, 1.54) is 0 Å². The van der Waals surface area contributed by atoms with Crippen LogP contribution in [-0.2, 0) is 0 Å². The van der Waals surface area contributed by atoms with Gasteiger partial charge in [0.1, 0.15) is 11.3 Å². The maximum atomic E-state index is 10.0. The third kappa shape index (κ3) is 2.42. The first-order valence-corrected chi connectivity index (χ1v) is 7.49. The van der Waals surface area contributed by atoms with Crippen molar-refractivity contribution in [3.05, 3.63) is 66.9 Å². The normalized spacial score (nSPS) is 10.8. The van der Waals surface area contributed by atoms with Crippen LogP contribution in [0.4, 0.5) is 5.95 Å². The summed E-state index contributed by atoms with van der Waals surface area (Å²) in [5.74, 6) is 0.344. The van der Waals surface area contributed by atoms with Gasteiger partial charge in [-0.05, 0) is 24.3 Å². The number of fused-ring (bicyclic) bond motifs is 1. The first kappa shape index (κ1) is 14.1. The molecular formula is C19H14N4O. The smallest absolute Gasteiger partial charge is 0.221 e. The fraction of sp³-hybridized carbons (Fsp3) is 0. The number of nitrogens with two attached hydrogens (primary N) is 1. The van der Waals surface area contributed by atoms with Crippen molar-refractivity contribution >= 4 is 16.9 Å². The first-order chi connectivity index (χ1) is 11.7. The molecule has 0 saturated heterocycles. The number of pyridine rings is 1. The van der Waals surface area contributed by atoms with Crippen LogP contribution in [0.5, 0.6) is 5.75 Å². The number of aromatic hydroxyl groups is 1. The van der Waals surface area contributed by atoms with Crippen molar-refractivity contribution in [3.8, 4) is 28.3 Å². The van der Waals surface area contributed by atoms with Crippen LogP contribution in [0.2, 0.25) is 0 Å². The van der Waals surface area contributed by atoms with E-state index in [-0.39, 0.29) is 11.7 Å². The van der Waals surface area contributed by atoms with Gasteiger partial charge in [0.15, 0.2) is 0 Å². The lowest BCUT2D eigenvalue weighted by atomic mass is 10.0. The number of rotatable bonds is 2. The van der Waals surface area contributed by atoms with Crippen LogP contribution in [0.3, 0.4) is 0 Å². The van der Waals surface area contributed by atoms with E-state index in [9.17, 15) is 5.11 Å². The molecule has 0 saturated carbocycles. The summed E-state index contributed by atoms with van der Waals surface area (Å²) in [6, 6.07) is 18.9. The van der Waals surface area contributed by atoms with Crippen molar-refractivity contribution in [1.29, 1.82) is 0 Å². The summed E-state index contributed by atoms with van der Waals surface area (Å²) in [6.07, 6.45) is 1.65. The highest BCUT2D eigenvalue weighted by atomic mass is 16.3. The third-order valence-corrected chi connectivity index (χ3v) is 3.84. The van der Waals surface area contributed by atoms with Gasteiger partial charge in [0.05, 0.1) is 11.4 Å². The van der Waals surface area contributed by atoms with Gasteiger partial charge in [0.2, 0.25) is 5.95 Å². The monoisotopic (exact) mass is 314 g/mol. The van der Waals surface area contributed by atoms with Crippen molar-refractivity contribution in [2.75, 3.05) is 5.73 Å². The van der Waals surface area contributed by atoms with E-state index in [0.717, 1.165) is 22.2 Å². The molecule has 24 heavy (non-hydrogen) atoms. The molecule has 0 fully saturated rings. The van der Waals surface area contributed by atoms with E-state index in [1.54, 1.807) is 12.3 Å². The van der Waals surface area contributed by atoms with Crippen molar-refractivity contribution in [2.45, 2.75) is 0 Å². The Kier molecular flexibility index (Phi) is 3.31. The zero-order valence-electron chi connectivity index (χ0n) is 12.7. The van der Waals surface area contributed by atoms with Crippen LogP contribution in [0.15, 0.2) is 66.9 Å². The second kappa shape index (κ2) is 5.62. The van der Waals surface area contributed by atoms with E-state index in [1.807, 2.05) is 54.6 Å². The van der Waals surface area contributed by atoms with Crippen LogP contribution in [-0.4, -0.2) is 20.1 Å². The first-order valence-electron chi connectivity index (χ1n) is 7.49. The highest BCUT2D eigenvalue weighted by molar-refractivity contribution is 5.97. The molecule has 116 valence electrons. The molecule has 4 rings (SSSR count). The molecule has 0 atom stereocenters. The number of hydrogen-bond acceptors (Lipinski definition) is 5. The number of nitrogens with zero attached hydrogens (tertiary/aromatic N) is 3. The molecule has 4 aromatic rings. The van der Waals surface area contributed by atoms with Crippen LogP contribution in [0.25, 0.3) is 33.4 Å². The van der Waals surface area contributed by atoms with Gasteiger partial charge < -0.3 is 10.8 Å². The summed E-state index contributed by atoms with van der Waals surface area (Å²) in [5, 5.41) is 10.8. The fourth-order valence-corrected chi connectivity index (χ4v) is 2.74. The van der Waals surface area contributed by atoms with E-state index < -0.39 is 0 Å². The highest BCUT2D eigenvalue weighted by Crippen LogP contribution is 2.33. The average molecular weight is 314 g/mol. The Morgan fingerprint density at radius 1 is 0.833 bits per heavy atom. The van der Waals surface area contributed by atoms with Gasteiger partial charge in [-0.2, -0.15) is 0 Å².